The summed E-state index contributed by atoms with van der Waals surface area (Å²) in [4.78, 5) is 45.3. The molecule has 2 rings (SSSR count). The molecule has 1 N–H and O–H groups in total. The molecule has 0 bridgehead atoms. The van der Waals surface area contributed by atoms with E-state index in [1.54, 1.807) is 23.5 Å². The summed E-state index contributed by atoms with van der Waals surface area (Å²) in [6, 6.07) is 0. The van der Waals surface area contributed by atoms with Crippen molar-refractivity contribution in [2.75, 3.05) is 0 Å². The number of likely N-dealkylation sites (tertiary alicyclic amines) is 2. The van der Waals surface area contributed by atoms with E-state index in [9.17, 15) is 19.5 Å². The zero-order valence-electron chi connectivity index (χ0n) is 44.5. The van der Waals surface area contributed by atoms with Crippen LogP contribution in [0.5, 0.6) is 0 Å². The summed E-state index contributed by atoms with van der Waals surface area (Å²) >= 11 is 3.20. The number of carboxylic acid groups (broad SMARTS) is 1. The normalized spacial score (nSPS) is 19.6. The first-order chi connectivity index (χ1) is 30.7. The Labute approximate surface area is 411 Å². The Kier molecular flexibility index (Phi) is 28.4. The Morgan fingerprint density at radius 1 is 0.462 bits per heavy atom. The number of allylic oxidation sites excluding steroid dienone is 4. The van der Waals surface area contributed by atoms with Gasteiger partial charge in [-0.2, -0.15) is 0 Å². The van der Waals surface area contributed by atoms with E-state index in [1.807, 2.05) is 6.92 Å². The molecular weight excluding hydrogens is 841 g/mol. The minimum absolute atomic E-state index is 0.103. The highest BCUT2D eigenvalue weighted by atomic mass is 32.2. The van der Waals surface area contributed by atoms with Gasteiger partial charge in [-0.25, -0.2) is 4.79 Å². The second-order valence-electron chi connectivity index (χ2n) is 22.9. The van der Waals surface area contributed by atoms with Crippen LogP contribution < -0.4 is 0 Å². The summed E-state index contributed by atoms with van der Waals surface area (Å²) < 4.78 is -1.04. The third-order valence-electron chi connectivity index (χ3n) is 14.3. The van der Waals surface area contributed by atoms with Crippen molar-refractivity contribution in [1.29, 1.82) is 0 Å². The molecule has 2 aliphatic rings. The van der Waals surface area contributed by atoms with Gasteiger partial charge >= 0.3 is 5.97 Å². The Bertz CT molecular complexity index is 1270. The van der Waals surface area contributed by atoms with Gasteiger partial charge in [-0.3, -0.25) is 9.59 Å². The average molecular weight is 946 g/mol. The number of amides is 2. The number of carbonyl (C=O) groups excluding carboxylic acids is 2. The smallest absolute Gasteiger partial charge is 0.329 e. The molecule has 0 radical (unpaired) electrons. The fraction of sp³-hybridized carbons (Fsp3) is 0.877. The molecule has 0 aromatic carbocycles. The molecule has 2 heterocycles. The molecule has 0 aromatic heterocycles. The first kappa shape index (κ1) is 59.7. The molecule has 2 fully saturated rings. The lowest BCUT2D eigenvalue weighted by Crippen LogP contribution is -2.64. The SMILES string of the molecule is CCCCCCCCC=CCCCCCCCC(=O)N1C(C)(C)CC(SC(C)(SC2CC(C)(C)N(C(=O)CCCCCCCC=CCCCCCCCC)C(C)(C)C2)C(=O)O)CC1(C)C. The van der Waals surface area contributed by atoms with Crippen LogP contribution in [0.3, 0.4) is 0 Å². The van der Waals surface area contributed by atoms with Crippen LogP contribution >= 0.6 is 23.5 Å². The Hall–Kier alpha value is -1.41. The number of aliphatic carboxylic acids is 1. The van der Waals surface area contributed by atoms with E-state index in [4.69, 9.17) is 0 Å². The van der Waals surface area contributed by atoms with Crippen molar-refractivity contribution >= 4 is 41.3 Å². The first-order valence-corrected chi connectivity index (χ1v) is 29.0. The summed E-state index contributed by atoms with van der Waals surface area (Å²) in [6.45, 7) is 23.9. The van der Waals surface area contributed by atoms with Gasteiger partial charge in [-0.15, -0.1) is 23.5 Å². The fourth-order valence-corrected chi connectivity index (χ4v) is 16.1. The lowest BCUT2D eigenvalue weighted by Gasteiger charge is -2.57. The van der Waals surface area contributed by atoms with E-state index in [0.29, 0.717) is 12.8 Å². The van der Waals surface area contributed by atoms with Crippen LogP contribution in [0, 0.1) is 0 Å². The maximum absolute atomic E-state index is 13.9. The van der Waals surface area contributed by atoms with E-state index in [0.717, 1.165) is 64.2 Å². The van der Waals surface area contributed by atoms with Gasteiger partial charge in [0.1, 0.15) is 0 Å². The highest BCUT2D eigenvalue weighted by Crippen LogP contribution is 2.54. The van der Waals surface area contributed by atoms with E-state index >= 15 is 0 Å². The monoisotopic (exact) mass is 945 g/mol. The van der Waals surface area contributed by atoms with Gasteiger partial charge < -0.3 is 14.9 Å². The van der Waals surface area contributed by atoms with Crippen molar-refractivity contribution in [3.63, 3.8) is 0 Å². The van der Waals surface area contributed by atoms with Gasteiger partial charge in [0.15, 0.2) is 4.08 Å². The van der Waals surface area contributed by atoms with Gasteiger partial charge in [0, 0.05) is 45.5 Å². The van der Waals surface area contributed by atoms with Gasteiger partial charge in [-0.05, 0) is 152 Å². The lowest BCUT2D eigenvalue weighted by atomic mass is 9.79. The molecule has 0 spiro atoms. The summed E-state index contributed by atoms with van der Waals surface area (Å²) in [5.41, 5.74) is -1.49. The summed E-state index contributed by atoms with van der Waals surface area (Å²) in [6.07, 6.45) is 46.0. The van der Waals surface area contributed by atoms with Crippen LogP contribution in [0.25, 0.3) is 0 Å². The minimum atomic E-state index is -1.04. The van der Waals surface area contributed by atoms with Crippen LogP contribution in [-0.4, -0.2) is 69.4 Å². The summed E-state index contributed by atoms with van der Waals surface area (Å²) in [5.74, 6) is -0.317. The number of thioether (sulfide) groups is 2. The van der Waals surface area contributed by atoms with Crippen LogP contribution in [0.4, 0.5) is 0 Å². The average Bonchev–Trinajstić information content (AvgIpc) is 3.18. The highest BCUT2D eigenvalue weighted by molar-refractivity contribution is 8.19. The van der Waals surface area contributed by atoms with Gasteiger partial charge in [-0.1, -0.05) is 141 Å². The molecule has 0 atom stereocenters. The second kappa shape index (κ2) is 30.9. The van der Waals surface area contributed by atoms with E-state index in [-0.39, 0.29) is 44.5 Å². The maximum atomic E-state index is 13.9. The van der Waals surface area contributed by atoms with E-state index < -0.39 is 10.0 Å². The Balaban J connectivity index is 1.81. The molecule has 2 amide bonds. The van der Waals surface area contributed by atoms with Crippen molar-refractivity contribution in [1.82, 2.24) is 9.80 Å². The van der Waals surface area contributed by atoms with Crippen molar-refractivity contribution in [3.8, 4) is 0 Å². The molecule has 2 aliphatic heterocycles. The third-order valence-corrected chi connectivity index (χ3v) is 17.5. The largest absolute Gasteiger partial charge is 0.480 e. The molecule has 378 valence electrons. The zero-order valence-corrected chi connectivity index (χ0v) is 46.1. The van der Waals surface area contributed by atoms with Gasteiger partial charge in [0.25, 0.3) is 0 Å². The second-order valence-corrected chi connectivity index (χ2v) is 26.6. The fourth-order valence-electron chi connectivity index (χ4n) is 11.6. The van der Waals surface area contributed by atoms with E-state index in [2.05, 4.69) is 103 Å². The standard InChI is InChI=1S/C57H104N2O4S2/c1-12-14-16-18-20-22-24-26-28-30-32-34-36-38-40-42-50(60)58-53(3,4)44-48(45-54(58,5)6)64-57(11,52(62)63)65-49-46-55(7,8)59(56(9,10)47-49)51(61)43-41-39-37-35-33-31-29-27-25-23-21-19-17-15-13-2/h26-29,48-49H,12-25,30-47H2,1-11H3,(H,62,63). The van der Waals surface area contributed by atoms with Crippen molar-refractivity contribution in [2.45, 2.75) is 318 Å². The molecule has 2 saturated heterocycles. The van der Waals surface area contributed by atoms with Gasteiger partial charge in [0.2, 0.25) is 11.8 Å². The molecule has 0 saturated carbocycles. The first-order valence-electron chi connectivity index (χ1n) is 27.3. The summed E-state index contributed by atoms with van der Waals surface area (Å²) in [5, 5.41) is 11.0. The highest BCUT2D eigenvalue weighted by Gasteiger charge is 2.53. The molecular formula is C57H104N2O4S2. The Morgan fingerprint density at radius 2 is 0.708 bits per heavy atom. The molecule has 0 aromatic rings. The van der Waals surface area contributed by atoms with Crippen LogP contribution in [0.15, 0.2) is 24.3 Å². The molecule has 0 aliphatic carbocycles. The number of unbranched alkanes of at least 4 members (excludes halogenated alkanes) is 22. The number of carbonyl (C=O) groups is 3. The van der Waals surface area contributed by atoms with Crippen LogP contribution in [-0.2, 0) is 14.4 Å². The number of hydrogen-bond acceptors (Lipinski definition) is 5. The molecule has 65 heavy (non-hydrogen) atoms. The number of nitrogens with zero attached hydrogens (tertiary/aromatic N) is 2. The molecule has 6 nitrogen and oxygen atoms in total. The van der Waals surface area contributed by atoms with Gasteiger partial charge in [0.05, 0.1) is 0 Å². The molecule has 8 heteroatoms. The Morgan fingerprint density at radius 3 is 0.969 bits per heavy atom. The van der Waals surface area contributed by atoms with Crippen LogP contribution in [0.2, 0.25) is 0 Å². The third kappa shape index (κ3) is 22.7. The van der Waals surface area contributed by atoms with E-state index in [1.165, 1.54) is 128 Å². The zero-order chi connectivity index (χ0) is 48.4. The minimum Gasteiger partial charge on any atom is -0.480 e. The van der Waals surface area contributed by atoms with Crippen molar-refractivity contribution in [2.24, 2.45) is 0 Å². The topological polar surface area (TPSA) is 77.9 Å². The maximum Gasteiger partial charge on any atom is 0.329 e. The lowest BCUT2D eigenvalue weighted by molar-refractivity contribution is -0.149. The summed E-state index contributed by atoms with van der Waals surface area (Å²) in [7, 11) is 0. The number of piperidine rings is 2. The predicted molar refractivity (Wildman–Crippen MR) is 286 cm³/mol. The van der Waals surface area contributed by atoms with Crippen molar-refractivity contribution in [3.05, 3.63) is 24.3 Å². The number of rotatable bonds is 35. The van der Waals surface area contributed by atoms with Crippen LogP contribution in [0.1, 0.15) is 282 Å². The van der Waals surface area contributed by atoms with Crippen molar-refractivity contribution < 1.29 is 19.5 Å². The predicted octanol–water partition coefficient (Wildman–Crippen LogP) is 17.4. The number of hydrogen-bond donors (Lipinski definition) is 1. The number of carboxylic acids is 1. The quantitative estimate of drug-likeness (QED) is 0.0387. The molecule has 0 unspecified atom stereocenters.